The predicted octanol–water partition coefficient (Wildman–Crippen LogP) is 8.94. The van der Waals surface area contributed by atoms with Crippen LogP contribution in [0, 0.1) is 0 Å². The van der Waals surface area contributed by atoms with E-state index in [-0.39, 0.29) is 30.9 Å². The molecule has 0 saturated heterocycles. The first kappa shape index (κ1) is 48.6. The molecule has 0 bridgehead atoms. The van der Waals surface area contributed by atoms with Crippen LogP contribution < -0.4 is 21.0 Å². The van der Waals surface area contributed by atoms with Gasteiger partial charge in [-0.15, -0.1) is 11.3 Å². The van der Waals surface area contributed by atoms with Gasteiger partial charge in [0.05, 0.1) is 51.9 Å². The molecule has 69 heavy (non-hydrogen) atoms. The first-order valence-corrected chi connectivity index (χ1v) is 26.8. The van der Waals surface area contributed by atoms with Gasteiger partial charge >= 0.3 is 6.09 Å². The molecule has 2 atom stereocenters. The SMILES string of the molecule is COC(=O)N[C@H](C(=O)Nc1cccnc1CC[C@@H](CO[Si](c1ccccc1)(c1ccccc1)C(C)(C)C)N(Cc1cnoc1)S(=O)(=O)c1ccc2ncsc2c1)C(c1ccccc1)c1ccccc1. The average molecular weight is 979 g/mol. The van der Waals surface area contributed by atoms with Crippen molar-refractivity contribution in [1.82, 2.24) is 24.7 Å². The van der Waals surface area contributed by atoms with Gasteiger partial charge in [0.1, 0.15) is 12.3 Å². The third kappa shape index (κ3) is 10.9. The Morgan fingerprint density at radius 2 is 1.43 bits per heavy atom. The maximum absolute atomic E-state index is 15.3. The quantitative estimate of drug-likeness (QED) is 0.0748. The van der Waals surface area contributed by atoms with Crippen molar-refractivity contribution < 1.29 is 31.7 Å². The third-order valence-electron chi connectivity index (χ3n) is 12.3. The molecule has 0 spiro atoms. The fourth-order valence-electron chi connectivity index (χ4n) is 8.97. The number of methoxy groups -OCH3 is 1. The summed E-state index contributed by atoms with van der Waals surface area (Å²) in [7, 11) is -6.23. The number of amides is 2. The number of carbonyl (C=O) groups excluding carboxylic acids is 2. The lowest BCUT2D eigenvalue weighted by atomic mass is 9.84. The number of fused-ring (bicyclic) bond motifs is 1. The van der Waals surface area contributed by atoms with Crippen LogP contribution in [0.25, 0.3) is 10.2 Å². The first-order valence-electron chi connectivity index (χ1n) is 22.6. The van der Waals surface area contributed by atoms with Crippen molar-refractivity contribution in [1.29, 1.82) is 0 Å². The van der Waals surface area contributed by atoms with Gasteiger partial charge in [-0.05, 0) is 69.7 Å². The maximum atomic E-state index is 15.3. The lowest BCUT2D eigenvalue weighted by molar-refractivity contribution is -0.118. The van der Waals surface area contributed by atoms with Crippen molar-refractivity contribution >= 4 is 68.0 Å². The van der Waals surface area contributed by atoms with Gasteiger partial charge in [-0.25, -0.2) is 18.2 Å². The molecule has 0 aliphatic heterocycles. The van der Waals surface area contributed by atoms with E-state index in [0.717, 1.165) is 26.2 Å². The van der Waals surface area contributed by atoms with E-state index in [0.29, 0.717) is 22.5 Å². The van der Waals surface area contributed by atoms with Crippen LogP contribution in [0.2, 0.25) is 5.04 Å². The van der Waals surface area contributed by atoms with E-state index in [1.165, 1.54) is 35.2 Å². The van der Waals surface area contributed by atoms with Gasteiger partial charge in [-0.2, -0.15) is 4.31 Å². The van der Waals surface area contributed by atoms with Crippen LogP contribution >= 0.6 is 11.3 Å². The summed E-state index contributed by atoms with van der Waals surface area (Å²) < 4.78 is 50.7. The van der Waals surface area contributed by atoms with Crippen LogP contribution in [0.3, 0.4) is 0 Å². The standard InChI is InChI=1S/C53H54N6O7S2Si/c1-53(2,3)69(43-22-13-7-14-23-43,44-24-15-8-16-25-44)66-36-41(59(34-38-33-56-65-35-38)68(62,63)42-28-30-47-48(32-42)67-37-55-47)27-29-45-46(26-17-31-54-45)57-51(60)50(58-52(61)64-4)49(39-18-9-5-10-19-39)40-20-11-6-12-21-40/h5-26,28,30-33,35,37,41,49-50H,27,29,34,36H2,1-4H3,(H,57,60)(H,58,61)/t41-,50-/m0/s1. The molecule has 0 unspecified atom stereocenters. The van der Waals surface area contributed by atoms with Crippen molar-refractivity contribution in [3.05, 3.63) is 198 Å². The number of ether oxygens (including phenoxy) is 1. The van der Waals surface area contributed by atoms with Gasteiger partial charge in [0.2, 0.25) is 15.9 Å². The highest BCUT2D eigenvalue weighted by atomic mass is 32.2. The molecule has 0 radical (unpaired) electrons. The van der Waals surface area contributed by atoms with Gasteiger partial charge in [0.25, 0.3) is 8.32 Å². The Hall–Kier alpha value is -6.82. The van der Waals surface area contributed by atoms with E-state index in [4.69, 9.17) is 18.7 Å². The summed E-state index contributed by atoms with van der Waals surface area (Å²) in [6.07, 6.45) is 4.24. The van der Waals surface area contributed by atoms with Crippen LogP contribution in [0.1, 0.15) is 55.5 Å². The number of anilines is 1. The Morgan fingerprint density at radius 1 is 0.812 bits per heavy atom. The average Bonchev–Trinajstić information content (AvgIpc) is 4.08. The maximum Gasteiger partial charge on any atom is 0.407 e. The van der Waals surface area contributed by atoms with Gasteiger partial charge in [-0.3, -0.25) is 9.78 Å². The lowest BCUT2D eigenvalue weighted by Gasteiger charge is -2.44. The highest BCUT2D eigenvalue weighted by molar-refractivity contribution is 7.89. The Labute approximate surface area is 407 Å². The second-order valence-electron chi connectivity index (χ2n) is 17.6. The fourth-order valence-corrected chi connectivity index (χ4v) is 16.0. The van der Waals surface area contributed by atoms with Crippen LogP contribution in [0.15, 0.2) is 185 Å². The summed E-state index contributed by atoms with van der Waals surface area (Å²) in [4.78, 5) is 37.0. The molecule has 8 aromatic rings. The predicted molar refractivity (Wildman–Crippen MR) is 271 cm³/mol. The summed E-state index contributed by atoms with van der Waals surface area (Å²) in [5.41, 5.74) is 5.45. The van der Waals surface area contributed by atoms with Gasteiger partial charge in [0, 0.05) is 30.3 Å². The molecule has 0 saturated carbocycles. The number of aryl methyl sites for hydroxylation is 1. The number of sulfonamides is 1. The highest BCUT2D eigenvalue weighted by Gasteiger charge is 2.51. The Kier molecular flexibility index (Phi) is 15.3. The molecule has 3 aromatic heterocycles. The zero-order valence-electron chi connectivity index (χ0n) is 38.8. The molecule has 3 heterocycles. The van der Waals surface area contributed by atoms with Crippen molar-refractivity contribution in [2.45, 2.75) is 68.1 Å². The van der Waals surface area contributed by atoms with Crippen LogP contribution in [0.4, 0.5) is 10.5 Å². The number of nitrogens with zero attached hydrogens (tertiary/aromatic N) is 4. The van der Waals surface area contributed by atoms with Crippen molar-refractivity contribution in [3.63, 3.8) is 0 Å². The first-order chi connectivity index (χ1) is 33.4. The lowest BCUT2D eigenvalue weighted by Crippen LogP contribution is -2.67. The number of alkyl carbamates (subject to hydrolysis) is 1. The largest absolute Gasteiger partial charge is 0.453 e. The van der Waals surface area contributed by atoms with Gasteiger partial charge in [0.15, 0.2) is 0 Å². The van der Waals surface area contributed by atoms with Gasteiger partial charge < -0.3 is 24.3 Å². The smallest absolute Gasteiger partial charge is 0.407 e. The zero-order valence-corrected chi connectivity index (χ0v) is 41.4. The van der Waals surface area contributed by atoms with Crippen molar-refractivity contribution in [2.75, 3.05) is 19.0 Å². The molecular weight excluding hydrogens is 925 g/mol. The Morgan fingerprint density at radius 3 is 2.01 bits per heavy atom. The number of nitrogens with one attached hydrogen (secondary N) is 2. The second kappa shape index (κ2) is 21.6. The molecule has 16 heteroatoms. The summed E-state index contributed by atoms with van der Waals surface area (Å²) in [6.45, 7) is 6.45. The molecule has 0 aliphatic rings. The van der Waals surface area contributed by atoms with E-state index >= 15 is 8.42 Å². The minimum absolute atomic E-state index is 0.00390. The van der Waals surface area contributed by atoms with Crippen LogP contribution in [-0.2, 0) is 36.9 Å². The Bertz CT molecular complexity index is 2970. The number of pyridine rings is 1. The molecule has 0 fully saturated rings. The normalized spacial score (nSPS) is 13.0. The molecule has 2 N–H and O–H groups in total. The second-order valence-corrected chi connectivity index (χ2v) is 24.7. The molecule has 13 nitrogen and oxygen atoms in total. The molecule has 5 aromatic carbocycles. The van der Waals surface area contributed by atoms with Crippen LogP contribution in [-0.4, -0.2) is 74.0 Å². The monoisotopic (exact) mass is 978 g/mol. The number of benzene rings is 5. The van der Waals surface area contributed by atoms with E-state index < -0.39 is 53.4 Å². The van der Waals surface area contributed by atoms with E-state index in [1.54, 1.807) is 42.0 Å². The minimum Gasteiger partial charge on any atom is -0.453 e. The number of thiazole rings is 1. The summed E-state index contributed by atoms with van der Waals surface area (Å²) >= 11 is 1.36. The fraction of sp³-hybridized carbons (Fsp3) is 0.226. The number of hydrogen-bond donors (Lipinski definition) is 2. The number of hydrogen-bond acceptors (Lipinski definition) is 11. The summed E-state index contributed by atoms with van der Waals surface area (Å²) in [5.74, 6) is -1.11. The summed E-state index contributed by atoms with van der Waals surface area (Å²) in [5, 5.41) is 11.5. The number of carbonyl (C=O) groups is 2. The Balaban J connectivity index is 1.19. The minimum atomic E-state index is -4.26. The van der Waals surface area contributed by atoms with E-state index in [9.17, 15) is 9.59 Å². The van der Waals surface area contributed by atoms with Crippen molar-refractivity contribution in [2.24, 2.45) is 0 Å². The van der Waals surface area contributed by atoms with Gasteiger partial charge in [-0.1, -0.05) is 147 Å². The molecular formula is C53H54N6O7S2Si. The van der Waals surface area contributed by atoms with Crippen molar-refractivity contribution in [3.8, 4) is 0 Å². The number of aromatic nitrogens is 3. The third-order valence-corrected chi connectivity index (χ3v) is 20.0. The highest BCUT2D eigenvalue weighted by Crippen LogP contribution is 2.38. The van der Waals surface area contributed by atoms with Crippen LogP contribution in [0.5, 0.6) is 0 Å². The molecule has 0 aliphatic carbocycles. The molecule has 8 rings (SSSR count). The summed E-state index contributed by atoms with van der Waals surface area (Å²) in [6, 6.07) is 45.9. The zero-order chi connectivity index (χ0) is 48.4. The molecule has 354 valence electrons. The number of rotatable bonds is 19. The molecule has 2 amide bonds. The topological polar surface area (TPSA) is 166 Å². The van der Waals surface area contributed by atoms with E-state index in [2.05, 4.69) is 65.8 Å². The van der Waals surface area contributed by atoms with E-state index in [1.807, 2.05) is 97.1 Å².